The van der Waals surface area contributed by atoms with Crippen LogP contribution in [0.1, 0.15) is 16.3 Å². The van der Waals surface area contributed by atoms with Gasteiger partial charge in [-0.15, -0.1) is 11.3 Å². The summed E-state index contributed by atoms with van der Waals surface area (Å²) in [7, 11) is -3.55. The molecule has 0 bridgehead atoms. The molecule has 116 valence electrons. The number of thiazole rings is 1. The SMILES string of the molecule is Cc1nc(/C=C/C(=O)Nc2ccc(CS(N)(=O)=O)cc2)cs1. The van der Waals surface area contributed by atoms with E-state index in [1.165, 1.54) is 17.4 Å². The number of nitrogens with two attached hydrogens (primary N) is 1. The average molecular weight is 337 g/mol. The fourth-order valence-corrected chi connectivity index (χ4v) is 2.96. The van der Waals surface area contributed by atoms with Crippen molar-refractivity contribution in [3.63, 3.8) is 0 Å². The molecule has 6 nitrogen and oxygen atoms in total. The standard InChI is InChI=1S/C14H15N3O3S2/c1-10-16-13(8-21-10)6-7-14(18)17-12-4-2-11(3-5-12)9-22(15,19)20/h2-8H,9H2,1H3,(H,17,18)(H2,15,19,20)/b7-6+. The number of aryl methyl sites for hydroxylation is 1. The lowest BCUT2D eigenvalue weighted by Gasteiger charge is -2.04. The van der Waals surface area contributed by atoms with Crippen molar-refractivity contribution in [3.8, 4) is 0 Å². The highest BCUT2D eigenvalue weighted by molar-refractivity contribution is 7.88. The van der Waals surface area contributed by atoms with Crippen molar-refractivity contribution in [3.05, 3.63) is 52.0 Å². The van der Waals surface area contributed by atoms with Gasteiger partial charge in [-0.25, -0.2) is 18.5 Å². The van der Waals surface area contributed by atoms with E-state index in [1.807, 2.05) is 12.3 Å². The van der Waals surface area contributed by atoms with E-state index >= 15 is 0 Å². The third kappa shape index (κ3) is 5.40. The Morgan fingerprint density at radius 1 is 1.36 bits per heavy atom. The normalized spacial score (nSPS) is 11.7. The number of hydrogen-bond acceptors (Lipinski definition) is 5. The Morgan fingerprint density at radius 3 is 2.59 bits per heavy atom. The fraction of sp³-hybridized carbons (Fsp3) is 0.143. The molecule has 0 spiro atoms. The van der Waals surface area contributed by atoms with Crippen LogP contribution in [-0.2, 0) is 20.6 Å². The molecule has 0 aliphatic heterocycles. The molecule has 3 N–H and O–H groups in total. The Balaban J connectivity index is 1.95. The monoisotopic (exact) mass is 337 g/mol. The van der Waals surface area contributed by atoms with Crippen LogP contribution in [0.4, 0.5) is 5.69 Å². The first-order valence-corrected chi connectivity index (χ1v) is 8.92. The number of benzene rings is 1. The number of amides is 1. The van der Waals surface area contributed by atoms with Crippen LogP contribution in [-0.4, -0.2) is 19.3 Å². The van der Waals surface area contributed by atoms with Crippen LogP contribution >= 0.6 is 11.3 Å². The molecule has 1 heterocycles. The molecule has 2 rings (SSSR count). The van der Waals surface area contributed by atoms with Gasteiger partial charge in [0.15, 0.2) is 0 Å². The zero-order valence-electron chi connectivity index (χ0n) is 11.8. The topological polar surface area (TPSA) is 102 Å². The Morgan fingerprint density at radius 2 is 2.05 bits per heavy atom. The van der Waals surface area contributed by atoms with Crippen molar-refractivity contribution < 1.29 is 13.2 Å². The lowest BCUT2D eigenvalue weighted by molar-refractivity contribution is -0.111. The minimum absolute atomic E-state index is 0.232. The van der Waals surface area contributed by atoms with E-state index in [-0.39, 0.29) is 11.7 Å². The molecule has 1 aromatic carbocycles. The van der Waals surface area contributed by atoms with Gasteiger partial charge in [0.25, 0.3) is 0 Å². The van der Waals surface area contributed by atoms with E-state index in [4.69, 9.17) is 5.14 Å². The molecule has 0 aliphatic rings. The molecular weight excluding hydrogens is 322 g/mol. The van der Waals surface area contributed by atoms with Crippen LogP contribution in [0.5, 0.6) is 0 Å². The summed E-state index contributed by atoms with van der Waals surface area (Å²) in [4.78, 5) is 16.0. The summed E-state index contributed by atoms with van der Waals surface area (Å²) < 4.78 is 22.0. The number of hydrogen-bond donors (Lipinski definition) is 2. The number of rotatable bonds is 5. The minimum atomic E-state index is -3.55. The van der Waals surface area contributed by atoms with Gasteiger partial charge in [-0.2, -0.15) is 0 Å². The van der Waals surface area contributed by atoms with Crippen molar-refractivity contribution >= 4 is 39.0 Å². The third-order valence-electron chi connectivity index (χ3n) is 2.63. The maximum Gasteiger partial charge on any atom is 0.248 e. The van der Waals surface area contributed by atoms with E-state index in [9.17, 15) is 13.2 Å². The molecule has 8 heteroatoms. The van der Waals surface area contributed by atoms with Crippen molar-refractivity contribution in [1.29, 1.82) is 0 Å². The molecule has 2 aromatic rings. The van der Waals surface area contributed by atoms with Gasteiger partial charge in [-0.1, -0.05) is 12.1 Å². The molecule has 0 atom stereocenters. The van der Waals surface area contributed by atoms with E-state index in [0.29, 0.717) is 11.3 Å². The second-order valence-corrected chi connectivity index (χ2v) is 7.29. The molecule has 1 aromatic heterocycles. The summed E-state index contributed by atoms with van der Waals surface area (Å²) in [5.74, 6) is -0.519. The number of aromatic nitrogens is 1. The van der Waals surface area contributed by atoms with Crippen LogP contribution in [0.2, 0.25) is 0 Å². The summed E-state index contributed by atoms with van der Waals surface area (Å²) >= 11 is 1.51. The van der Waals surface area contributed by atoms with Crippen molar-refractivity contribution in [2.24, 2.45) is 5.14 Å². The Kier molecular flexibility index (Phi) is 5.07. The van der Waals surface area contributed by atoms with Gasteiger partial charge in [0.2, 0.25) is 15.9 Å². The maximum atomic E-state index is 11.8. The van der Waals surface area contributed by atoms with Crippen molar-refractivity contribution in [2.45, 2.75) is 12.7 Å². The number of nitrogens with zero attached hydrogens (tertiary/aromatic N) is 1. The van der Waals surface area contributed by atoms with Gasteiger partial charge in [0.1, 0.15) is 0 Å². The molecule has 22 heavy (non-hydrogen) atoms. The summed E-state index contributed by atoms with van der Waals surface area (Å²) in [6.07, 6.45) is 3.03. The highest BCUT2D eigenvalue weighted by Crippen LogP contribution is 2.12. The second-order valence-electron chi connectivity index (χ2n) is 4.62. The maximum absolute atomic E-state index is 11.8. The molecule has 0 radical (unpaired) electrons. The molecule has 0 unspecified atom stereocenters. The number of primary sulfonamides is 1. The van der Waals surface area contributed by atoms with E-state index in [1.54, 1.807) is 30.3 Å². The lowest BCUT2D eigenvalue weighted by atomic mass is 10.2. The average Bonchev–Trinajstić information content (AvgIpc) is 2.83. The fourth-order valence-electron chi connectivity index (χ4n) is 1.72. The number of carbonyl (C=O) groups is 1. The van der Waals surface area contributed by atoms with Crippen molar-refractivity contribution in [1.82, 2.24) is 4.98 Å². The van der Waals surface area contributed by atoms with Gasteiger partial charge in [0.05, 0.1) is 16.5 Å². The Labute approximate surface area is 132 Å². The second kappa shape index (κ2) is 6.82. The molecule has 0 fully saturated rings. The van der Waals surface area contributed by atoms with E-state index in [0.717, 1.165) is 10.7 Å². The van der Waals surface area contributed by atoms with Gasteiger partial charge in [-0.3, -0.25) is 4.79 Å². The van der Waals surface area contributed by atoms with E-state index in [2.05, 4.69) is 10.3 Å². The first-order valence-electron chi connectivity index (χ1n) is 6.32. The minimum Gasteiger partial charge on any atom is -0.323 e. The number of carbonyl (C=O) groups excluding carboxylic acids is 1. The Bertz CT molecular complexity index is 793. The van der Waals surface area contributed by atoms with Gasteiger partial charge in [0, 0.05) is 17.1 Å². The highest BCUT2D eigenvalue weighted by atomic mass is 32.2. The van der Waals surface area contributed by atoms with Crippen LogP contribution in [0, 0.1) is 6.92 Å². The number of anilines is 1. The quantitative estimate of drug-likeness (QED) is 0.813. The van der Waals surface area contributed by atoms with Crippen LogP contribution < -0.4 is 10.5 Å². The van der Waals surface area contributed by atoms with Crippen molar-refractivity contribution in [2.75, 3.05) is 5.32 Å². The van der Waals surface area contributed by atoms with E-state index < -0.39 is 10.0 Å². The third-order valence-corrected chi connectivity index (χ3v) is 4.16. The molecule has 1 amide bonds. The highest BCUT2D eigenvalue weighted by Gasteiger charge is 2.05. The lowest BCUT2D eigenvalue weighted by Crippen LogP contribution is -2.14. The molecular formula is C14H15N3O3S2. The van der Waals surface area contributed by atoms with Gasteiger partial charge in [-0.05, 0) is 30.7 Å². The van der Waals surface area contributed by atoms with Crippen LogP contribution in [0.3, 0.4) is 0 Å². The largest absolute Gasteiger partial charge is 0.323 e. The van der Waals surface area contributed by atoms with Crippen LogP contribution in [0.15, 0.2) is 35.7 Å². The summed E-state index contributed by atoms with van der Waals surface area (Å²) in [6, 6.07) is 6.46. The summed E-state index contributed by atoms with van der Waals surface area (Å²) in [6.45, 7) is 1.89. The predicted octanol–water partition coefficient (Wildman–Crippen LogP) is 1.89. The molecule has 0 saturated carbocycles. The summed E-state index contributed by atoms with van der Waals surface area (Å²) in [5, 5.41) is 10.4. The van der Waals surface area contributed by atoms with Crippen LogP contribution in [0.25, 0.3) is 6.08 Å². The van der Waals surface area contributed by atoms with Gasteiger partial charge < -0.3 is 5.32 Å². The summed E-state index contributed by atoms with van der Waals surface area (Å²) in [5.41, 5.74) is 1.87. The molecule has 0 aliphatic carbocycles. The predicted molar refractivity (Wildman–Crippen MR) is 87.8 cm³/mol. The zero-order chi connectivity index (χ0) is 16.2. The zero-order valence-corrected chi connectivity index (χ0v) is 13.4. The number of nitrogens with one attached hydrogen (secondary N) is 1. The first kappa shape index (κ1) is 16.3. The first-order chi connectivity index (χ1) is 10.3. The smallest absolute Gasteiger partial charge is 0.248 e. The Hall–Kier alpha value is -2.03. The van der Waals surface area contributed by atoms with Gasteiger partial charge >= 0.3 is 0 Å². The molecule has 0 saturated heterocycles. The number of sulfonamides is 1.